The third kappa shape index (κ3) is 4.19. The van der Waals surface area contributed by atoms with Crippen LogP contribution in [0.1, 0.15) is 44.6 Å². The highest BCUT2D eigenvalue weighted by Crippen LogP contribution is 2.29. The van der Waals surface area contributed by atoms with Crippen molar-refractivity contribution in [3.05, 3.63) is 34.6 Å². The van der Waals surface area contributed by atoms with Crippen molar-refractivity contribution in [2.45, 2.75) is 51.5 Å². The number of halogens is 2. The lowest BCUT2D eigenvalue weighted by Crippen LogP contribution is -2.35. The Balaban J connectivity index is 1.91. The molecule has 0 heterocycles. The van der Waals surface area contributed by atoms with Crippen LogP contribution >= 0.6 is 11.6 Å². The van der Waals surface area contributed by atoms with E-state index in [1.165, 1.54) is 25.7 Å². The first-order valence-electron chi connectivity index (χ1n) is 7.38. The minimum absolute atomic E-state index is 0.211. The quantitative estimate of drug-likeness (QED) is 0.806. The maximum absolute atomic E-state index is 13.4. The summed E-state index contributed by atoms with van der Waals surface area (Å²) in [6.07, 6.45) is 7.41. The molecule has 19 heavy (non-hydrogen) atoms. The molecule has 0 bridgehead atoms. The molecule has 1 N–H and O–H groups in total. The summed E-state index contributed by atoms with van der Waals surface area (Å²) in [7, 11) is 0. The van der Waals surface area contributed by atoms with Crippen LogP contribution in [-0.4, -0.2) is 12.6 Å². The Morgan fingerprint density at radius 3 is 2.74 bits per heavy atom. The minimum Gasteiger partial charge on any atom is -0.314 e. The van der Waals surface area contributed by atoms with E-state index in [0.29, 0.717) is 6.04 Å². The predicted octanol–water partition coefficient (Wildman–Crippen LogP) is 4.58. The Kier molecular flexibility index (Phi) is 5.65. The average Bonchev–Trinajstić information content (AvgIpc) is 2.92. The molecule has 1 saturated carbocycles. The Bertz CT molecular complexity index is 402. The summed E-state index contributed by atoms with van der Waals surface area (Å²) in [5.41, 5.74) is 1.04. The maximum atomic E-state index is 13.4. The molecule has 1 unspecified atom stereocenters. The fourth-order valence-corrected chi connectivity index (χ4v) is 3.26. The molecule has 1 aromatic rings. The van der Waals surface area contributed by atoms with Crippen LogP contribution in [0.25, 0.3) is 0 Å². The molecule has 0 radical (unpaired) electrons. The van der Waals surface area contributed by atoms with Gasteiger partial charge in [0.15, 0.2) is 0 Å². The van der Waals surface area contributed by atoms with E-state index in [1.807, 2.05) is 6.07 Å². The Hall–Kier alpha value is -0.600. The van der Waals surface area contributed by atoms with E-state index >= 15 is 0 Å². The van der Waals surface area contributed by atoms with E-state index in [2.05, 4.69) is 12.2 Å². The van der Waals surface area contributed by atoms with Crippen LogP contribution in [0, 0.1) is 11.7 Å². The van der Waals surface area contributed by atoms with Crippen molar-refractivity contribution in [1.29, 1.82) is 0 Å². The molecular weight excluding hydrogens is 261 g/mol. The second-order valence-corrected chi connectivity index (χ2v) is 5.90. The molecule has 1 aliphatic carbocycles. The summed E-state index contributed by atoms with van der Waals surface area (Å²) in [6.45, 7) is 3.17. The molecule has 0 aromatic heterocycles. The molecule has 1 fully saturated rings. The van der Waals surface area contributed by atoms with Crippen LogP contribution in [0.2, 0.25) is 5.02 Å². The summed E-state index contributed by atoms with van der Waals surface area (Å²) in [5, 5.41) is 3.81. The molecule has 0 amide bonds. The van der Waals surface area contributed by atoms with E-state index in [0.717, 1.165) is 30.9 Å². The van der Waals surface area contributed by atoms with Crippen LogP contribution in [0.15, 0.2) is 18.2 Å². The van der Waals surface area contributed by atoms with Gasteiger partial charge in [-0.25, -0.2) is 4.39 Å². The highest BCUT2D eigenvalue weighted by atomic mass is 35.5. The van der Waals surface area contributed by atoms with Crippen LogP contribution in [0.5, 0.6) is 0 Å². The van der Waals surface area contributed by atoms with Gasteiger partial charge in [-0.15, -0.1) is 0 Å². The van der Waals surface area contributed by atoms with Gasteiger partial charge in [-0.1, -0.05) is 37.4 Å². The van der Waals surface area contributed by atoms with E-state index in [4.69, 9.17) is 11.6 Å². The Morgan fingerprint density at radius 2 is 2.11 bits per heavy atom. The highest BCUT2D eigenvalue weighted by molar-refractivity contribution is 6.30. The fourth-order valence-electron chi connectivity index (χ4n) is 3.14. The van der Waals surface area contributed by atoms with Crippen molar-refractivity contribution in [3.63, 3.8) is 0 Å². The molecule has 1 nitrogen and oxygen atoms in total. The molecule has 2 rings (SSSR count). The molecule has 0 saturated heterocycles. The smallest absolute Gasteiger partial charge is 0.142 e. The largest absolute Gasteiger partial charge is 0.314 e. The van der Waals surface area contributed by atoms with Gasteiger partial charge in [0, 0.05) is 6.04 Å². The number of rotatable bonds is 6. The Labute approximate surface area is 120 Å². The van der Waals surface area contributed by atoms with Gasteiger partial charge < -0.3 is 5.32 Å². The molecule has 1 atom stereocenters. The van der Waals surface area contributed by atoms with Crippen LogP contribution in [0.3, 0.4) is 0 Å². The summed E-state index contributed by atoms with van der Waals surface area (Å²) in [6, 6.07) is 5.74. The summed E-state index contributed by atoms with van der Waals surface area (Å²) in [5.74, 6) is 0.497. The number of aryl methyl sites for hydroxylation is 1. The predicted molar refractivity (Wildman–Crippen MR) is 79.2 cm³/mol. The topological polar surface area (TPSA) is 12.0 Å². The molecule has 1 aliphatic rings. The zero-order valence-corrected chi connectivity index (χ0v) is 12.3. The van der Waals surface area contributed by atoms with E-state index in [9.17, 15) is 4.39 Å². The fraction of sp³-hybridized carbons (Fsp3) is 0.625. The first-order chi connectivity index (χ1) is 9.20. The number of hydrogen-bond donors (Lipinski definition) is 1. The van der Waals surface area contributed by atoms with Gasteiger partial charge in [-0.3, -0.25) is 0 Å². The molecule has 3 heteroatoms. The van der Waals surface area contributed by atoms with Crippen LogP contribution in [-0.2, 0) is 6.42 Å². The lowest BCUT2D eigenvalue weighted by molar-refractivity contribution is 0.346. The molecule has 0 aliphatic heterocycles. The van der Waals surface area contributed by atoms with Gasteiger partial charge in [-0.2, -0.15) is 0 Å². The normalized spacial score (nSPS) is 17.8. The van der Waals surface area contributed by atoms with Crippen molar-refractivity contribution in [1.82, 2.24) is 5.32 Å². The van der Waals surface area contributed by atoms with E-state index < -0.39 is 0 Å². The van der Waals surface area contributed by atoms with Crippen molar-refractivity contribution >= 4 is 11.6 Å². The second kappa shape index (κ2) is 7.25. The zero-order valence-electron chi connectivity index (χ0n) is 11.6. The summed E-state index contributed by atoms with van der Waals surface area (Å²) < 4.78 is 13.4. The van der Waals surface area contributed by atoms with Crippen molar-refractivity contribution in [2.24, 2.45) is 5.92 Å². The number of nitrogens with one attached hydrogen (secondary N) is 1. The summed E-state index contributed by atoms with van der Waals surface area (Å²) >= 11 is 5.71. The Morgan fingerprint density at radius 1 is 1.37 bits per heavy atom. The minimum atomic E-state index is -0.306. The maximum Gasteiger partial charge on any atom is 0.142 e. The SMILES string of the molecule is CCNC(CCc1ccc(Cl)c(F)c1)C1CCCC1. The first kappa shape index (κ1) is 14.8. The highest BCUT2D eigenvalue weighted by Gasteiger charge is 2.23. The third-order valence-electron chi connectivity index (χ3n) is 4.16. The van der Waals surface area contributed by atoms with E-state index in [1.54, 1.807) is 12.1 Å². The lowest BCUT2D eigenvalue weighted by Gasteiger charge is -2.24. The van der Waals surface area contributed by atoms with Crippen LogP contribution in [0.4, 0.5) is 4.39 Å². The van der Waals surface area contributed by atoms with Gasteiger partial charge >= 0.3 is 0 Å². The molecule has 1 aromatic carbocycles. The molecular formula is C16H23ClFN. The monoisotopic (exact) mass is 283 g/mol. The van der Waals surface area contributed by atoms with Gasteiger partial charge in [0.05, 0.1) is 5.02 Å². The lowest BCUT2D eigenvalue weighted by atomic mass is 9.92. The van der Waals surface area contributed by atoms with Crippen molar-refractivity contribution in [3.8, 4) is 0 Å². The third-order valence-corrected chi connectivity index (χ3v) is 4.47. The molecule has 106 valence electrons. The van der Waals surface area contributed by atoms with Gasteiger partial charge in [0.25, 0.3) is 0 Å². The standard InChI is InChI=1S/C16H23ClFN/c1-2-19-16(13-5-3-4-6-13)10-8-12-7-9-14(17)15(18)11-12/h7,9,11,13,16,19H,2-6,8,10H2,1H3. The zero-order chi connectivity index (χ0) is 13.7. The number of hydrogen-bond acceptors (Lipinski definition) is 1. The van der Waals surface area contributed by atoms with E-state index in [-0.39, 0.29) is 10.8 Å². The summed E-state index contributed by atoms with van der Waals surface area (Å²) in [4.78, 5) is 0. The second-order valence-electron chi connectivity index (χ2n) is 5.50. The van der Waals surface area contributed by atoms with Gasteiger partial charge in [-0.05, 0) is 55.8 Å². The van der Waals surface area contributed by atoms with Gasteiger partial charge in [0.2, 0.25) is 0 Å². The average molecular weight is 284 g/mol. The van der Waals surface area contributed by atoms with Crippen molar-refractivity contribution < 1.29 is 4.39 Å². The molecule has 0 spiro atoms. The number of benzene rings is 1. The van der Waals surface area contributed by atoms with Crippen molar-refractivity contribution in [2.75, 3.05) is 6.54 Å². The van der Waals surface area contributed by atoms with Crippen LogP contribution < -0.4 is 5.32 Å². The first-order valence-corrected chi connectivity index (χ1v) is 7.75. The van der Waals surface area contributed by atoms with Gasteiger partial charge in [0.1, 0.15) is 5.82 Å².